The molecule has 0 saturated heterocycles. The number of H-pyrrole nitrogens is 1. The van der Waals surface area contributed by atoms with Crippen LogP contribution in [0.1, 0.15) is 11.4 Å². The zero-order valence-electron chi connectivity index (χ0n) is 6.35. The fraction of sp³-hybridized carbons (Fsp3) is 0.571. The van der Waals surface area contributed by atoms with E-state index in [0.717, 1.165) is 17.9 Å². The van der Waals surface area contributed by atoms with Gasteiger partial charge in [-0.25, -0.2) is 0 Å². The first-order valence-electron chi connectivity index (χ1n) is 3.33. The summed E-state index contributed by atoms with van der Waals surface area (Å²) in [5.41, 5.74) is 2.32. The van der Waals surface area contributed by atoms with Gasteiger partial charge in [-0.3, -0.25) is 5.10 Å². The van der Waals surface area contributed by atoms with Gasteiger partial charge in [0.05, 0.1) is 5.69 Å². The van der Waals surface area contributed by atoms with Gasteiger partial charge in [0.1, 0.15) is 0 Å². The second-order valence-corrected chi connectivity index (χ2v) is 3.27. The third-order valence-electron chi connectivity index (χ3n) is 1.32. The number of aryl methyl sites for hydroxylation is 2. The summed E-state index contributed by atoms with van der Waals surface area (Å²) >= 11 is 1.85. The lowest BCUT2D eigenvalue weighted by Gasteiger charge is -1.89. The highest BCUT2D eigenvalue weighted by molar-refractivity contribution is 7.98. The van der Waals surface area contributed by atoms with Crippen LogP contribution in [0, 0.1) is 6.92 Å². The van der Waals surface area contributed by atoms with E-state index >= 15 is 0 Å². The van der Waals surface area contributed by atoms with Crippen LogP contribution in [0.5, 0.6) is 0 Å². The molecule has 0 bridgehead atoms. The van der Waals surface area contributed by atoms with Crippen molar-refractivity contribution in [1.82, 2.24) is 10.2 Å². The molecule has 0 radical (unpaired) electrons. The van der Waals surface area contributed by atoms with E-state index < -0.39 is 0 Å². The smallest absolute Gasteiger partial charge is 0.0633 e. The lowest BCUT2D eigenvalue weighted by molar-refractivity contribution is 0.968. The van der Waals surface area contributed by atoms with Crippen LogP contribution >= 0.6 is 11.8 Å². The zero-order chi connectivity index (χ0) is 7.40. The molecule has 2 nitrogen and oxygen atoms in total. The summed E-state index contributed by atoms with van der Waals surface area (Å²) in [5.74, 6) is 1.16. The van der Waals surface area contributed by atoms with Crippen LogP contribution < -0.4 is 0 Å². The Morgan fingerprint density at radius 3 is 3.00 bits per heavy atom. The quantitative estimate of drug-likeness (QED) is 0.720. The maximum absolute atomic E-state index is 4.11. The molecule has 0 saturated carbocycles. The van der Waals surface area contributed by atoms with Gasteiger partial charge in [-0.05, 0) is 25.0 Å². The summed E-state index contributed by atoms with van der Waals surface area (Å²) in [6, 6.07) is 2.09. The number of hydrogen-bond donors (Lipinski definition) is 1. The van der Waals surface area contributed by atoms with E-state index in [-0.39, 0.29) is 0 Å². The Balaban J connectivity index is 2.42. The maximum Gasteiger partial charge on any atom is 0.0633 e. The van der Waals surface area contributed by atoms with Crippen LogP contribution in [0.25, 0.3) is 0 Å². The second kappa shape index (κ2) is 3.66. The number of aromatic nitrogens is 2. The molecule has 0 atom stereocenters. The Morgan fingerprint density at radius 1 is 1.70 bits per heavy atom. The Hall–Kier alpha value is -0.440. The monoisotopic (exact) mass is 156 g/mol. The molecule has 0 fully saturated rings. The summed E-state index contributed by atoms with van der Waals surface area (Å²) in [6.45, 7) is 2.02. The van der Waals surface area contributed by atoms with Crippen LogP contribution in [0.3, 0.4) is 0 Å². The highest BCUT2D eigenvalue weighted by atomic mass is 32.2. The predicted molar refractivity (Wildman–Crippen MR) is 45.4 cm³/mol. The van der Waals surface area contributed by atoms with Crippen LogP contribution in [0.2, 0.25) is 0 Å². The van der Waals surface area contributed by atoms with Crippen LogP contribution in [-0.2, 0) is 6.42 Å². The van der Waals surface area contributed by atoms with E-state index in [2.05, 4.69) is 22.5 Å². The number of thioether (sulfide) groups is 1. The number of nitrogens with one attached hydrogen (secondary N) is 1. The van der Waals surface area contributed by atoms with Crippen molar-refractivity contribution >= 4 is 11.8 Å². The van der Waals surface area contributed by atoms with Crippen molar-refractivity contribution in [3.05, 3.63) is 17.5 Å². The summed E-state index contributed by atoms with van der Waals surface area (Å²) < 4.78 is 0. The van der Waals surface area contributed by atoms with Gasteiger partial charge in [0.25, 0.3) is 0 Å². The summed E-state index contributed by atoms with van der Waals surface area (Å²) in [4.78, 5) is 0. The van der Waals surface area contributed by atoms with Gasteiger partial charge in [0.2, 0.25) is 0 Å². The summed E-state index contributed by atoms with van der Waals surface area (Å²) in [5, 5.41) is 7.03. The second-order valence-electron chi connectivity index (χ2n) is 2.29. The Labute approximate surface area is 65.4 Å². The van der Waals surface area contributed by atoms with Gasteiger partial charge >= 0.3 is 0 Å². The molecule has 0 unspecified atom stereocenters. The molecule has 1 aromatic rings. The molecule has 0 aliphatic carbocycles. The third-order valence-corrected chi connectivity index (χ3v) is 1.93. The molecule has 0 spiro atoms. The molecule has 0 aromatic carbocycles. The minimum Gasteiger partial charge on any atom is -0.283 e. The van der Waals surface area contributed by atoms with E-state index in [9.17, 15) is 0 Å². The standard InChI is InChI=1S/C7H12N2S/c1-6-5-7(9-8-6)3-4-10-2/h5H,3-4H2,1-2H3,(H,8,9). The molecular weight excluding hydrogens is 144 g/mol. The SMILES string of the molecule is CSCCc1cc(C)[nH]n1. The molecule has 1 aromatic heterocycles. The van der Waals surface area contributed by atoms with Crippen molar-refractivity contribution in [1.29, 1.82) is 0 Å². The number of hydrogen-bond acceptors (Lipinski definition) is 2. The van der Waals surface area contributed by atoms with Gasteiger partial charge in [-0.15, -0.1) is 0 Å². The number of nitrogens with zero attached hydrogens (tertiary/aromatic N) is 1. The molecule has 3 heteroatoms. The van der Waals surface area contributed by atoms with Gasteiger partial charge < -0.3 is 0 Å². The topological polar surface area (TPSA) is 28.7 Å². The van der Waals surface area contributed by atoms with Crippen molar-refractivity contribution < 1.29 is 0 Å². The van der Waals surface area contributed by atoms with Crippen molar-refractivity contribution in [3.8, 4) is 0 Å². The predicted octanol–water partition coefficient (Wildman–Crippen LogP) is 1.62. The Bertz CT molecular complexity index is 195. The molecule has 1 N–H and O–H groups in total. The van der Waals surface area contributed by atoms with E-state index in [1.54, 1.807) is 0 Å². The van der Waals surface area contributed by atoms with Gasteiger partial charge in [0.15, 0.2) is 0 Å². The van der Waals surface area contributed by atoms with Crippen LogP contribution in [0.15, 0.2) is 6.07 Å². The lowest BCUT2D eigenvalue weighted by atomic mass is 10.3. The van der Waals surface area contributed by atoms with Crippen LogP contribution in [0.4, 0.5) is 0 Å². The first kappa shape index (κ1) is 7.66. The van der Waals surface area contributed by atoms with Crippen molar-refractivity contribution in [2.45, 2.75) is 13.3 Å². The number of rotatable bonds is 3. The largest absolute Gasteiger partial charge is 0.283 e. The normalized spacial score (nSPS) is 10.2. The Morgan fingerprint density at radius 2 is 2.50 bits per heavy atom. The summed E-state index contributed by atoms with van der Waals surface area (Å²) in [6.07, 6.45) is 3.19. The van der Waals surface area contributed by atoms with E-state index in [0.29, 0.717) is 0 Å². The fourth-order valence-electron chi connectivity index (χ4n) is 0.809. The molecular formula is C7H12N2S. The number of aromatic amines is 1. The minimum atomic E-state index is 1.07. The van der Waals surface area contributed by atoms with E-state index in [4.69, 9.17) is 0 Å². The van der Waals surface area contributed by atoms with Gasteiger partial charge in [0, 0.05) is 12.1 Å². The van der Waals surface area contributed by atoms with Gasteiger partial charge in [-0.1, -0.05) is 0 Å². The molecule has 0 aliphatic rings. The fourth-order valence-corrected chi connectivity index (χ4v) is 1.22. The molecule has 0 aliphatic heterocycles. The molecule has 1 heterocycles. The first-order valence-corrected chi connectivity index (χ1v) is 4.72. The average molecular weight is 156 g/mol. The molecule has 10 heavy (non-hydrogen) atoms. The Kier molecular flexibility index (Phi) is 2.81. The van der Waals surface area contributed by atoms with Crippen molar-refractivity contribution in [3.63, 3.8) is 0 Å². The highest BCUT2D eigenvalue weighted by Gasteiger charge is 1.94. The lowest BCUT2D eigenvalue weighted by Crippen LogP contribution is -1.86. The maximum atomic E-state index is 4.11. The minimum absolute atomic E-state index is 1.07. The van der Waals surface area contributed by atoms with Crippen LogP contribution in [-0.4, -0.2) is 22.2 Å². The van der Waals surface area contributed by atoms with Crippen molar-refractivity contribution in [2.75, 3.05) is 12.0 Å². The molecule has 0 amide bonds. The first-order chi connectivity index (χ1) is 4.83. The molecule has 56 valence electrons. The zero-order valence-corrected chi connectivity index (χ0v) is 7.16. The summed E-state index contributed by atoms with van der Waals surface area (Å²) in [7, 11) is 0. The highest BCUT2D eigenvalue weighted by Crippen LogP contribution is 2.02. The van der Waals surface area contributed by atoms with E-state index in [1.165, 1.54) is 5.69 Å². The van der Waals surface area contributed by atoms with Crippen molar-refractivity contribution in [2.24, 2.45) is 0 Å². The third kappa shape index (κ3) is 2.06. The van der Waals surface area contributed by atoms with E-state index in [1.807, 2.05) is 18.7 Å². The average Bonchev–Trinajstić information content (AvgIpc) is 2.31. The molecule has 1 rings (SSSR count). The van der Waals surface area contributed by atoms with Gasteiger partial charge in [-0.2, -0.15) is 16.9 Å².